The topological polar surface area (TPSA) is 78.7 Å². The van der Waals surface area contributed by atoms with Crippen molar-refractivity contribution < 1.29 is 25.2 Å². The average Bonchev–Trinajstić information content (AvgIpc) is 3.69. The molecule has 32 heavy (non-hydrogen) atoms. The lowest BCUT2D eigenvalue weighted by Crippen LogP contribution is -2.57. The van der Waals surface area contributed by atoms with Crippen LogP contribution in [0.3, 0.4) is 0 Å². The monoisotopic (exact) mass is 448 g/mol. The molecule has 7 heteroatoms. The van der Waals surface area contributed by atoms with Crippen molar-refractivity contribution in [2.24, 2.45) is 5.89 Å². The number of fused-ring (bicyclic) bond motifs is 1. The molecule has 174 valence electrons. The Labute approximate surface area is 202 Å². The molecule has 0 aromatic carbocycles. The van der Waals surface area contributed by atoms with Crippen molar-refractivity contribution in [1.82, 2.24) is 9.88 Å². The van der Waals surface area contributed by atoms with Crippen molar-refractivity contribution in [3.05, 3.63) is 22.4 Å². The summed E-state index contributed by atoms with van der Waals surface area (Å²) in [7, 11) is 1.38. The Hall–Kier alpha value is -2.17. The van der Waals surface area contributed by atoms with Gasteiger partial charge in [0.05, 0.1) is 43.9 Å². The number of amides is 1. The van der Waals surface area contributed by atoms with E-state index in [-0.39, 0.29) is 43.4 Å². The van der Waals surface area contributed by atoms with Gasteiger partial charge in [-0.05, 0) is 38.1 Å². The molecule has 1 aliphatic carbocycles. The number of carbonyl (C=O) groups is 1. The van der Waals surface area contributed by atoms with E-state index in [1.54, 1.807) is 0 Å². The SMILES string of the molecule is [2H]C([2H])([2H])C([2H])(C([2H])([2H])[2H])[C@@]1([2H])CN(c2nc(C3CC3)c3c(c2C#N)CC(C)(C)OC3)CCN1C(=O)CCOC. The van der Waals surface area contributed by atoms with Crippen LogP contribution in [0.4, 0.5) is 5.82 Å². The lowest BCUT2D eigenvalue weighted by molar-refractivity contribution is -0.135. The summed E-state index contributed by atoms with van der Waals surface area (Å²) in [5, 5.41) is 10.3. The molecule has 0 unspecified atom stereocenters. The molecule has 1 aromatic heterocycles. The number of nitrogens with zero attached hydrogens (tertiary/aromatic N) is 4. The van der Waals surface area contributed by atoms with Gasteiger partial charge < -0.3 is 19.3 Å². The third-order valence-corrected chi connectivity index (χ3v) is 6.38. The van der Waals surface area contributed by atoms with Crippen LogP contribution in [0.15, 0.2) is 0 Å². The first kappa shape index (κ1) is 14.9. The first-order chi connectivity index (χ1) is 18.4. The Bertz CT molecular complexity index is 1190. The Morgan fingerprint density at radius 1 is 1.44 bits per heavy atom. The molecule has 0 bridgehead atoms. The lowest BCUT2D eigenvalue weighted by atomic mass is 9.87. The third-order valence-electron chi connectivity index (χ3n) is 6.38. The maximum atomic E-state index is 13.2. The van der Waals surface area contributed by atoms with Crippen molar-refractivity contribution in [1.29, 1.82) is 5.26 Å². The second-order valence-electron chi connectivity index (χ2n) is 9.30. The lowest BCUT2D eigenvalue weighted by Gasteiger charge is -2.44. The van der Waals surface area contributed by atoms with Crippen LogP contribution in [0.25, 0.3) is 0 Å². The number of methoxy groups -OCH3 is 1. The zero-order valence-corrected chi connectivity index (χ0v) is 19.0. The molecule has 1 aromatic rings. The van der Waals surface area contributed by atoms with E-state index >= 15 is 0 Å². The van der Waals surface area contributed by atoms with Gasteiger partial charge in [0.1, 0.15) is 11.9 Å². The zero-order chi connectivity index (χ0) is 29.9. The van der Waals surface area contributed by atoms with Gasteiger partial charge in [0.15, 0.2) is 0 Å². The molecule has 2 aliphatic heterocycles. The summed E-state index contributed by atoms with van der Waals surface area (Å²) < 4.78 is 77.9. The average molecular weight is 449 g/mol. The molecule has 7 nitrogen and oxygen atoms in total. The third kappa shape index (κ3) is 4.49. The number of carbonyl (C=O) groups excluding carboxylic acids is 1. The van der Waals surface area contributed by atoms with E-state index in [0.717, 1.165) is 34.6 Å². The van der Waals surface area contributed by atoms with E-state index in [1.807, 2.05) is 13.8 Å². The van der Waals surface area contributed by atoms with Crippen LogP contribution in [0, 0.1) is 17.2 Å². The standard InChI is InChI=1S/C25H36N4O3/c1-16(2)21-14-28(9-10-29(21)22(30)8-11-31-5)24-19(13-26)18-12-25(3,4)32-15-20(18)23(27-24)17-6-7-17/h16-17,21H,6-12,14-15H2,1-5H3/t21-/m1/s1/i1D3,2D3,16D,21D. The van der Waals surface area contributed by atoms with E-state index in [1.165, 1.54) is 12.0 Å². The molecule has 2 fully saturated rings. The van der Waals surface area contributed by atoms with Crippen LogP contribution in [-0.4, -0.2) is 60.8 Å². The van der Waals surface area contributed by atoms with Crippen LogP contribution in [-0.2, 0) is 27.3 Å². The first-order valence-corrected chi connectivity index (χ1v) is 11.1. The van der Waals surface area contributed by atoms with Gasteiger partial charge in [-0.2, -0.15) is 5.26 Å². The highest BCUT2D eigenvalue weighted by Gasteiger charge is 2.39. The highest BCUT2D eigenvalue weighted by atomic mass is 16.5. The quantitative estimate of drug-likeness (QED) is 0.664. The molecule has 1 saturated carbocycles. The summed E-state index contributed by atoms with van der Waals surface area (Å²) in [4.78, 5) is 20.5. The number of nitriles is 1. The minimum absolute atomic E-state index is 0.0186. The van der Waals surface area contributed by atoms with Crippen molar-refractivity contribution in [2.75, 3.05) is 38.3 Å². The Morgan fingerprint density at radius 2 is 2.22 bits per heavy atom. The summed E-state index contributed by atoms with van der Waals surface area (Å²) in [5.41, 5.74) is 2.16. The molecular weight excluding hydrogens is 404 g/mol. The number of hydrogen-bond donors (Lipinski definition) is 0. The van der Waals surface area contributed by atoms with Crippen molar-refractivity contribution in [3.8, 4) is 6.07 Å². The van der Waals surface area contributed by atoms with Gasteiger partial charge >= 0.3 is 0 Å². The van der Waals surface area contributed by atoms with Crippen LogP contribution in [0.2, 0.25) is 0 Å². The molecule has 3 aliphatic rings. The van der Waals surface area contributed by atoms with E-state index in [9.17, 15) is 11.4 Å². The molecule has 1 atom stereocenters. The molecule has 0 spiro atoms. The van der Waals surface area contributed by atoms with Crippen molar-refractivity contribution in [2.45, 2.75) is 77.4 Å². The van der Waals surface area contributed by atoms with Crippen LogP contribution in [0.5, 0.6) is 0 Å². The summed E-state index contributed by atoms with van der Waals surface area (Å²) in [6.45, 7) is -3.56. The van der Waals surface area contributed by atoms with E-state index in [4.69, 9.17) is 24.1 Å². The largest absolute Gasteiger partial charge is 0.384 e. The number of ether oxygens (including phenoxy) is 2. The molecule has 0 radical (unpaired) electrons. The predicted octanol–water partition coefficient (Wildman–Crippen LogP) is 3.39. The summed E-state index contributed by atoms with van der Waals surface area (Å²) in [6, 6.07) is -0.490. The van der Waals surface area contributed by atoms with Gasteiger partial charge in [-0.15, -0.1) is 0 Å². The van der Waals surface area contributed by atoms with E-state index < -0.39 is 43.7 Å². The smallest absolute Gasteiger partial charge is 0.225 e. The second-order valence-corrected chi connectivity index (χ2v) is 9.30. The van der Waals surface area contributed by atoms with Crippen molar-refractivity contribution in [3.63, 3.8) is 0 Å². The molecular formula is C25H36N4O3. The number of anilines is 1. The minimum atomic E-state index is -3.45. The van der Waals surface area contributed by atoms with Gasteiger partial charge in [-0.25, -0.2) is 4.98 Å². The van der Waals surface area contributed by atoms with Gasteiger partial charge in [0.2, 0.25) is 5.91 Å². The Morgan fingerprint density at radius 3 is 2.88 bits per heavy atom. The highest BCUT2D eigenvalue weighted by molar-refractivity contribution is 5.77. The molecule has 4 rings (SSSR count). The molecule has 1 amide bonds. The predicted molar refractivity (Wildman–Crippen MR) is 123 cm³/mol. The Kier molecular flexibility index (Phi) is 4.18. The summed E-state index contributed by atoms with van der Waals surface area (Å²) in [5.74, 6) is -3.65. The van der Waals surface area contributed by atoms with E-state index in [2.05, 4.69) is 6.07 Å². The maximum Gasteiger partial charge on any atom is 0.225 e. The van der Waals surface area contributed by atoms with Gasteiger partial charge in [0.25, 0.3) is 0 Å². The number of pyridine rings is 1. The number of piperazine rings is 1. The molecule has 3 heterocycles. The first-order valence-electron chi connectivity index (χ1n) is 15.1. The summed E-state index contributed by atoms with van der Waals surface area (Å²) in [6.07, 6.45) is 2.07. The highest BCUT2D eigenvalue weighted by Crippen LogP contribution is 2.46. The van der Waals surface area contributed by atoms with E-state index in [0.29, 0.717) is 13.0 Å². The minimum Gasteiger partial charge on any atom is -0.384 e. The number of aromatic nitrogens is 1. The van der Waals surface area contributed by atoms with Crippen LogP contribution < -0.4 is 4.90 Å². The van der Waals surface area contributed by atoms with Gasteiger partial charge in [-0.1, -0.05) is 13.7 Å². The second kappa shape index (κ2) is 8.99. The normalized spacial score (nSPS) is 29.7. The molecule has 1 saturated heterocycles. The van der Waals surface area contributed by atoms with Crippen molar-refractivity contribution >= 4 is 11.7 Å². The molecule has 0 N–H and O–H groups in total. The van der Waals surface area contributed by atoms with Gasteiger partial charge in [0, 0.05) is 54.2 Å². The maximum absolute atomic E-state index is 13.2. The fourth-order valence-electron chi connectivity index (χ4n) is 4.51. The zero-order valence-electron chi connectivity index (χ0n) is 27.0. The summed E-state index contributed by atoms with van der Waals surface area (Å²) >= 11 is 0. The fourth-order valence-corrected chi connectivity index (χ4v) is 4.51. The fraction of sp³-hybridized carbons (Fsp3) is 0.720. The van der Waals surface area contributed by atoms with Crippen LogP contribution in [0.1, 0.15) is 86.1 Å². The van der Waals surface area contributed by atoms with Crippen LogP contribution >= 0.6 is 0 Å². The number of hydrogen-bond acceptors (Lipinski definition) is 6. The Balaban J connectivity index is 1.88. The number of rotatable bonds is 6. The van der Waals surface area contributed by atoms with Gasteiger partial charge in [-0.3, -0.25) is 4.79 Å².